The van der Waals surface area contributed by atoms with Crippen molar-refractivity contribution in [2.75, 3.05) is 53.1 Å². The summed E-state index contributed by atoms with van der Waals surface area (Å²) in [5.41, 5.74) is 0. The molecule has 27 heavy (non-hydrogen) atoms. The molecule has 1 amide bonds. The molecular formula is C20H29FN2O4. The van der Waals surface area contributed by atoms with Gasteiger partial charge in [0.1, 0.15) is 30.9 Å². The molecule has 0 saturated carbocycles. The molecule has 7 heteroatoms. The average molecular weight is 380 g/mol. The first-order valence-corrected chi connectivity index (χ1v) is 9.66. The highest BCUT2D eigenvalue weighted by atomic mass is 19.1. The smallest absolute Gasteiger partial charge is 0.248 e. The highest BCUT2D eigenvalue weighted by Gasteiger charge is 2.33. The molecule has 0 aliphatic carbocycles. The van der Waals surface area contributed by atoms with Crippen LogP contribution in [0.25, 0.3) is 0 Å². The molecule has 0 spiro atoms. The zero-order chi connectivity index (χ0) is 19.1. The molecule has 0 unspecified atom stereocenters. The van der Waals surface area contributed by atoms with Crippen LogP contribution in [0, 0.1) is 5.82 Å². The van der Waals surface area contributed by atoms with Crippen molar-refractivity contribution in [2.24, 2.45) is 0 Å². The van der Waals surface area contributed by atoms with Crippen molar-refractivity contribution in [2.45, 2.75) is 31.4 Å². The second-order valence-corrected chi connectivity index (χ2v) is 7.16. The number of hydrogen-bond donors (Lipinski definition) is 0. The van der Waals surface area contributed by atoms with Crippen molar-refractivity contribution in [1.29, 1.82) is 0 Å². The average Bonchev–Trinajstić information content (AvgIpc) is 2.69. The number of piperidine rings is 1. The molecule has 0 N–H and O–H groups in total. The Labute approximate surface area is 160 Å². The first-order valence-electron chi connectivity index (χ1n) is 9.66. The fourth-order valence-electron chi connectivity index (χ4n) is 3.71. The number of morpholine rings is 1. The van der Waals surface area contributed by atoms with Crippen molar-refractivity contribution >= 4 is 5.91 Å². The van der Waals surface area contributed by atoms with Crippen molar-refractivity contribution in [3.05, 3.63) is 30.1 Å². The molecule has 1 atom stereocenters. The van der Waals surface area contributed by atoms with Crippen LogP contribution >= 0.6 is 0 Å². The standard InChI is InChI=1S/C20H29FN2O4/c1-25-12-2-9-22-10-7-17(8-11-22)23-13-19(27-15-20(23)24)14-26-18-5-3-16(21)4-6-18/h3-6,17,19H,2,7-15H2,1H3/t19-/m1/s1. The Balaban J connectivity index is 1.44. The van der Waals surface area contributed by atoms with Crippen molar-refractivity contribution in [3.63, 3.8) is 0 Å². The quantitative estimate of drug-likeness (QED) is 0.645. The number of methoxy groups -OCH3 is 1. The van der Waals surface area contributed by atoms with E-state index in [0.717, 1.165) is 45.5 Å². The minimum absolute atomic E-state index is 0.0610. The summed E-state index contributed by atoms with van der Waals surface area (Å²) >= 11 is 0. The SMILES string of the molecule is COCCCN1CCC(N2C[C@H](COc3ccc(F)cc3)OCC2=O)CC1. The van der Waals surface area contributed by atoms with Crippen LogP contribution in [-0.4, -0.2) is 81.0 Å². The molecule has 1 aromatic carbocycles. The van der Waals surface area contributed by atoms with E-state index in [-0.39, 0.29) is 30.5 Å². The van der Waals surface area contributed by atoms with Crippen LogP contribution in [-0.2, 0) is 14.3 Å². The summed E-state index contributed by atoms with van der Waals surface area (Å²) in [6.07, 6.45) is 2.86. The number of nitrogens with zero attached hydrogens (tertiary/aromatic N) is 2. The van der Waals surface area contributed by atoms with Crippen LogP contribution in [0.5, 0.6) is 5.75 Å². The number of ether oxygens (including phenoxy) is 3. The zero-order valence-electron chi connectivity index (χ0n) is 15.9. The molecule has 0 bridgehead atoms. The van der Waals surface area contributed by atoms with E-state index in [1.807, 2.05) is 4.90 Å². The predicted molar refractivity (Wildman–Crippen MR) is 99.3 cm³/mol. The Hall–Kier alpha value is -1.70. The molecule has 2 fully saturated rings. The summed E-state index contributed by atoms with van der Waals surface area (Å²) in [6, 6.07) is 6.20. The second-order valence-electron chi connectivity index (χ2n) is 7.16. The van der Waals surface area contributed by atoms with E-state index in [4.69, 9.17) is 14.2 Å². The monoisotopic (exact) mass is 380 g/mol. The van der Waals surface area contributed by atoms with E-state index in [0.29, 0.717) is 18.9 Å². The van der Waals surface area contributed by atoms with Crippen molar-refractivity contribution in [1.82, 2.24) is 9.80 Å². The maximum atomic E-state index is 13.0. The van der Waals surface area contributed by atoms with Crippen LogP contribution in [0.1, 0.15) is 19.3 Å². The third-order valence-corrected chi connectivity index (χ3v) is 5.23. The highest BCUT2D eigenvalue weighted by molar-refractivity contribution is 5.78. The first kappa shape index (κ1) is 20.0. The third-order valence-electron chi connectivity index (χ3n) is 5.23. The van der Waals surface area contributed by atoms with Gasteiger partial charge in [0.05, 0.1) is 6.54 Å². The molecule has 2 aliphatic rings. The number of amides is 1. The molecule has 3 rings (SSSR count). The number of benzene rings is 1. The van der Waals surface area contributed by atoms with Gasteiger partial charge in [-0.1, -0.05) is 0 Å². The maximum Gasteiger partial charge on any atom is 0.248 e. The van der Waals surface area contributed by atoms with Gasteiger partial charge < -0.3 is 24.0 Å². The molecule has 1 aromatic rings. The van der Waals surface area contributed by atoms with Gasteiger partial charge in [-0.25, -0.2) is 4.39 Å². The summed E-state index contributed by atoms with van der Waals surface area (Å²) in [4.78, 5) is 16.7. The Bertz CT molecular complexity index is 590. The lowest BCUT2D eigenvalue weighted by molar-refractivity contribution is -0.155. The van der Waals surface area contributed by atoms with E-state index in [2.05, 4.69) is 4.90 Å². The molecule has 150 valence electrons. The Morgan fingerprint density at radius 2 is 1.96 bits per heavy atom. The zero-order valence-corrected chi connectivity index (χ0v) is 15.9. The lowest BCUT2D eigenvalue weighted by Gasteiger charge is -2.42. The van der Waals surface area contributed by atoms with Crippen LogP contribution < -0.4 is 4.74 Å². The van der Waals surface area contributed by atoms with E-state index in [1.54, 1.807) is 19.2 Å². The fraction of sp³-hybridized carbons (Fsp3) is 0.650. The van der Waals surface area contributed by atoms with Gasteiger partial charge in [0.15, 0.2) is 0 Å². The van der Waals surface area contributed by atoms with Gasteiger partial charge in [-0.15, -0.1) is 0 Å². The molecular weight excluding hydrogens is 351 g/mol. The Kier molecular flexibility index (Phi) is 7.43. The van der Waals surface area contributed by atoms with Gasteiger partial charge >= 0.3 is 0 Å². The number of carbonyl (C=O) groups is 1. The van der Waals surface area contributed by atoms with E-state index < -0.39 is 0 Å². The molecule has 0 radical (unpaired) electrons. The Morgan fingerprint density at radius 1 is 1.22 bits per heavy atom. The number of rotatable bonds is 8. The predicted octanol–water partition coefficient (Wildman–Crippen LogP) is 1.93. The topological polar surface area (TPSA) is 51.2 Å². The minimum atomic E-state index is -0.290. The summed E-state index contributed by atoms with van der Waals surface area (Å²) in [5, 5.41) is 0. The highest BCUT2D eigenvalue weighted by Crippen LogP contribution is 2.21. The minimum Gasteiger partial charge on any atom is -0.491 e. The van der Waals surface area contributed by atoms with Crippen LogP contribution in [0.3, 0.4) is 0 Å². The normalized spacial score (nSPS) is 22.2. The van der Waals surface area contributed by atoms with Crippen molar-refractivity contribution < 1.29 is 23.4 Å². The summed E-state index contributed by atoms with van der Waals surface area (Å²) < 4.78 is 29.4. The fourth-order valence-corrected chi connectivity index (χ4v) is 3.71. The largest absolute Gasteiger partial charge is 0.491 e. The van der Waals surface area contributed by atoms with Gasteiger partial charge in [-0.05, 0) is 43.5 Å². The van der Waals surface area contributed by atoms with Gasteiger partial charge in [-0.2, -0.15) is 0 Å². The summed E-state index contributed by atoms with van der Waals surface area (Å²) in [7, 11) is 1.73. The second kappa shape index (κ2) is 10.0. The number of likely N-dealkylation sites (tertiary alicyclic amines) is 1. The van der Waals surface area contributed by atoms with Crippen molar-refractivity contribution in [3.8, 4) is 5.75 Å². The Morgan fingerprint density at radius 3 is 2.67 bits per heavy atom. The lowest BCUT2D eigenvalue weighted by atomic mass is 10.0. The molecule has 2 aliphatic heterocycles. The summed E-state index contributed by atoms with van der Waals surface area (Å²) in [6.45, 7) is 4.86. The molecule has 0 aromatic heterocycles. The summed E-state index contributed by atoms with van der Waals surface area (Å²) in [5.74, 6) is 0.375. The molecule has 6 nitrogen and oxygen atoms in total. The molecule has 2 heterocycles. The van der Waals surface area contributed by atoms with Crippen LogP contribution in [0.2, 0.25) is 0 Å². The number of hydrogen-bond acceptors (Lipinski definition) is 5. The number of halogens is 1. The van der Waals surface area contributed by atoms with Gasteiger partial charge in [0.25, 0.3) is 0 Å². The lowest BCUT2D eigenvalue weighted by Crippen LogP contribution is -2.55. The van der Waals surface area contributed by atoms with Crippen LogP contribution in [0.4, 0.5) is 4.39 Å². The van der Waals surface area contributed by atoms with E-state index in [9.17, 15) is 9.18 Å². The van der Waals surface area contributed by atoms with Gasteiger partial charge in [-0.3, -0.25) is 4.79 Å². The van der Waals surface area contributed by atoms with E-state index >= 15 is 0 Å². The van der Waals surface area contributed by atoms with Gasteiger partial charge in [0, 0.05) is 39.4 Å². The van der Waals surface area contributed by atoms with Gasteiger partial charge in [0.2, 0.25) is 5.91 Å². The number of carbonyl (C=O) groups excluding carboxylic acids is 1. The molecule has 2 saturated heterocycles. The van der Waals surface area contributed by atoms with E-state index in [1.165, 1.54) is 12.1 Å². The van der Waals surface area contributed by atoms with Crippen LogP contribution in [0.15, 0.2) is 24.3 Å². The first-order chi connectivity index (χ1) is 13.2. The maximum absolute atomic E-state index is 13.0. The third kappa shape index (κ3) is 5.89.